The number of aliphatic hydroxyl groups excluding tert-OH is 1. The predicted octanol–water partition coefficient (Wildman–Crippen LogP) is 1.21. The third-order valence-corrected chi connectivity index (χ3v) is 1.82. The van der Waals surface area contributed by atoms with Gasteiger partial charge < -0.3 is 14.6 Å². The fourth-order valence-corrected chi connectivity index (χ4v) is 1.05. The molecule has 2 rings (SSSR count). The van der Waals surface area contributed by atoms with Crippen LogP contribution in [-0.2, 0) is 16.1 Å². The van der Waals surface area contributed by atoms with Crippen LogP contribution in [0.2, 0.25) is 0 Å². The lowest BCUT2D eigenvalue weighted by Gasteiger charge is -2.00. The van der Waals surface area contributed by atoms with Gasteiger partial charge in [-0.05, 0) is 5.56 Å². The van der Waals surface area contributed by atoms with Gasteiger partial charge in [0.05, 0.1) is 19.8 Å². The molecule has 3 heteroatoms. The molecular formula is C11H16O3. The molecule has 1 aromatic carbocycles. The summed E-state index contributed by atoms with van der Waals surface area (Å²) < 4.78 is 10.4. The van der Waals surface area contributed by atoms with Gasteiger partial charge in [-0.2, -0.15) is 0 Å². The molecule has 1 N–H and O–H groups in total. The van der Waals surface area contributed by atoms with Crippen molar-refractivity contribution in [3.8, 4) is 0 Å². The average molecular weight is 196 g/mol. The summed E-state index contributed by atoms with van der Waals surface area (Å²) in [6.45, 7) is 2.30. The second kappa shape index (κ2) is 6.54. The van der Waals surface area contributed by atoms with Crippen molar-refractivity contribution in [3.63, 3.8) is 0 Å². The monoisotopic (exact) mass is 196 g/mol. The second-order valence-electron chi connectivity index (χ2n) is 2.96. The lowest BCUT2D eigenvalue weighted by Crippen LogP contribution is -2.00. The van der Waals surface area contributed by atoms with Crippen LogP contribution in [0.15, 0.2) is 30.3 Å². The highest BCUT2D eigenvalue weighted by atomic mass is 16.6. The summed E-state index contributed by atoms with van der Waals surface area (Å²) in [6, 6.07) is 10.2. The van der Waals surface area contributed by atoms with E-state index in [1.807, 2.05) is 18.2 Å². The van der Waals surface area contributed by atoms with Gasteiger partial charge in [0.2, 0.25) is 0 Å². The minimum absolute atomic E-state index is 0.369. The number of ether oxygens (including phenoxy) is 2. The predicted molar refractivity (Wildman–Crippen MR) is 54.0 cm³/mol. The molecule has 1 atom stereocenters. The largest absolute Gasteiger partial charge is 0.400 e. The van der Waals surface area contributed by atoms with Crippen molar-refractivity contribution in [1.82, 2.24) is 0 Å². The van der Waals surface area contributed by atoms with Crippen molar-refractivity contribution < 1.29 is 14.6 Å². The molecule has 1 fully saturated rings. The minimum Gasteiger partial charge on any atom is -0.400 e. The lowest BCUT2D eigenvalue weighted by molar-refractivity contribution is 0.104. The zero-order valence-corrected chi connectivity index (χ0v) is 8.35. The van der Waals surface area contributed by atoms with Crippen LogP contribution in [-0.4, -0.2) is 31.5 Å². The first-order valence-electron chi connectivity index (χ1n) is 4.63. The van der Waals surface area contributed by atoms with Crippen molar-refractivity contribution in [1.29, 1.82) is 0 Å². The molecule has 78 valence electrons. The quantitative estimate of drug-likeness (QED) is 0.736. The lowest BCUT2D eigenvalue weighted by atomic mass is 10.2. The highest BCUT2D eigenvalue weighted by Gasteiger charge is 2.21. The Morgan fingerprint density at radius 1 is 1.36 bits per heavy atom. The first kappa shape index (κ1) is 11.2. The van der Waals surface area contributed by atoms with Gasteiger partial charge in [0, 0.05) is 7.11 Å². The van der Waals surface area contributed by atoms with E-state index in [2.05, 4.69) is 12.1 Å². The molecule has 0 aromatic heterocycles. The maximum absolute atomic E-state index is 7.00. The number of aliphatic hydroxyl groups is 1. The highest BCUT2D eigenvalue weighted by molar-refractivity contribution is 5.13. The first-order chi connectivity index (χ1) is 6.95. The van der Waals surface area contributed by atoms with E-state index in [1.165, 1.54) is 5.56 Å². The second-order valence-corrected chi connectivity index (χ2v) is 2.96. The van der Waals surface area contributed by atoms with Crippen LogP contribution < -0.4 is 0 Å². The van der Waals surface area contributed by atoms with Crippen LogP contribution in [0.25, 0.3) is 0 Å². The van der Waals surface area contributed by atoms with Gasteiger partial charge in [0.1, 0.15) is 6.10 Å². The first-order valence-corrected chi connectivity index (χ1v) is 4.63. The number of rotatable bonds is 4. The molecule has 0 saturated carbocycles. The molecule has 1 aliphatic heterocycles. The van der Waals surface area contributed by atoms with E-state index in [0.717, 1.165) is 20.3 Å². The zero-order chi connectivity index (χ0) is 10.2. The van der Waals surface area contributed by atoms with Crippen molar-refractivity contribution in [3.05, 3.63) is 35.9 Å². The summed E-state index contributed by atoms with van der Waals surface area (Å²) in [4.78, 5) is 0. The van der Waals surface area contributed by atoms with Crippen molar-refractivity contribution in [2.24, 2.45) is 0 Å². The topological polar surface area (TPSA) is 42.0 Å². The van der Waals surface area contributed by atoms with E-state index in [9.17, 15) is 0 Å². The van der Waals surface area contributed by atoms with E-state index < -0.39 is 0 Å². The van der Waals surface area contributed by atoms with Crippen molar-refractivity contribution in [2.75, 3.05) is 20.3 Å². The van der Waals surface area contributed by atoms with Crippen LogP contribution in [0, 0.1) is 0 Å². The Labute approximate surface area is 84.3 Å². The fourth-order valence-electron chi connectivity index (χ4n) is 1.05. The van der Waals surface area contributed by atoms with Gasteiger partial charge >= 0.3 is 0 Å². The summed E-state index contributed by atoms with van der Waals surface area (Å²) in [6.07, 6.45) is 0.369. The maximum Gasteiger partial charge on any atom is 0.104 e. The molecule has 3 nitrogen and oxygen atoms in total. The summed E-state index contributed by atoms with van der Waals surface area (Å²) >= 11 is 0. The molecule has 1 heterocycles. The smallest absolute Gasteiger partial charge is 0.104 e. The molecule has 1 aromatic rings. The molecule has 1 saturated heterocycles. The van der Waals surface area contributed by atoms with Crippen LogP contribution >= 0.6 is 0 Å². The molecule has 0 aliphatic carbocycles. The normalized spacial score (nSPS) is 18.3. The van der Waals surface area contributed by atoms with Gasteiger partial charge in [0.25, 0.3) is 0 Å². The summed E-state index contributed by atoms with van der Waals surface area (Å²) in [7, 11) is 1.00. The molecule has 0 bridgehead atoms. The Morgan fingerprint density at radius 2 is 2.00 bits per heavy atom. The van der Waals surface area contributed by atoms with E-state index in [0.29, 0.717) is 12.7 Å². The van der Waals surface area contributed by atoms with Crippen LogP contribution in [0.5, 0.6) is 0 Å². The van der Waals surface area contributed by atoms with Crippen molar-refractivity contribution >= 4 is 0 Å². The number of hydrogen-bond acceptors (Lipinski definition) is 3. The number of benzene rings is 1. The van der Waals surface area contributed by atoms with Crippen LogP contribution in [0.3, 0.4) is 0 Å². The Bertz CT molecular complexity index is 232. The molecule has 0 radical (unpaired) electrons. The molecule has 0 unspecified atom stereocenters. The number of epoxide rings is 1. The van der Waals surface area contributed by atoms with Gasteiger partial charge in [-0.3, -0.25) is 0 Å². The third-order valence-electron chi connectivity index (χ3n) is 1.82. The van der Waals surface area contributed by atoms with E-state index in [-0.39, 0.29) is 0 Å². The van der Waals surface area contributed by atoms with Gasteiger partial charge in [-0.1, -0.05) is 30.3 Å². The van der Waals surface area contributed by atoms with E-state index >= 15 is 0 Å². The SMILES string of the molecule is CO.c1ccc(COC[C@@H]2CO2)cc1. The highest BCUT2D eigenvalue weighted by Crippen LogP contribution is 2.10. The maximum atomic E-state index is 7.00. The Morgan fingerprint density at radius 3 is 2.57 bits per heavy atom. The number of hydrogen-bond donors (Lipinski definition) is 1. The molecule has 0 spiro atoms. The zero-order valence-electron chi connectivity index (χ0n) is 8.35. The summed E-state index contributed by atoms with van der Waals surface area (Å²) in [5.74, 6) is 0. The summed E-state index contributed by atoms with van der Waals surface area (Å²) in [5, 5.41) is 7.00. The van der Waals surface area contributed by atoms with Gasteiger partial charge in [-0.25, -0.2) is 0 Å². The molecule has 1 aliphatic rings. The molecule has 14 heavy (non-hydrogen) atoms. The van der Waals surface area contributed by atoms with Crippen LogP contribution in [0.4, 0.5) is 0 Å². The third kappa shape index (κ3) is 4.37. The molecular weight excluding hydrogens is 180 g/mol. The van der Waals surface area contributed by atoms with Gasteiger partial charge in [0.15, 0.2) is 0 Å². The van der Waals surface area contributed by atoms with E-state index in [4.69, 9.17) is 14.6 Å². The fraction of sp³-hybridized carbons (Fsp3) is 0.455. The Balaban J connectivity index is 0.000000461. The Kier molecular flexibility index (Phi) is 5.22. The molecule has 0 amide bonds. The Hall–Kier alpha value is -0.900. The van der Waals surface area contributed by atoms with E-state index in [1.54, 1.807) is 0 Å². The minimum atomic E-state index is 0.369. The van der Waals surface area contributed by atoms with Crippen molar-refractivity contribution in [2.45, 2.75) is 12.7 Å². The average Bonchev–Trinajstić information content (AvgIpc) is 3.07. The van der Waals surface area contributed by atoms with Crippen LogP contribution in [0.1, 0.15) is 5.56 Å². The summed E-state index contributed by atoms with van der Waals surface area (Å²) in [5.41, 5.74) is 1.22. The standard InChI is InChI=1S/C10H12O2.CH4O/c1-2-4-9(5-3-1)6-11-7-10-8-12-10;1-2/h1-5,10H,6-8H2;2H,1H3/t10-;/m1./s1. The van der Waals surface area contributed by atoms with Gasteiger partial charge in [-0.15, -0.1) is 0 Å².